The molecule has 27 heavy (non-hydrogen) atoms. The van der Waals surface area contributed by atoms with Crippen LogP contribution in [0.1, 0.15) is 38.2 Å². The number of hydrogen-bond acceptors (Lipinski definition) is 3. The van der Waals surface area contributed by atoms with E-state index >= 15 is 0 Å². The molecule has 1 aliphatic carbocycles. The van der Waals surface area contributed by atoms with Gasteiger partial charge in [-0.25, -0.2) is 8.78 Å². The van der Waals surface area contributed by atoms with E-state index in [0.717, 1.165) is 27.5 Å². The van der Waals surface area contributed by atoms with E-state index in [2.05, 4.69) is 24.4 Å². The molecule has 2 aromatic rings. The van der Waals surface area contributed by atoms with Crippen LogP contribution in [0, 0.1) is 6.92 Å². The van der Waals surface area contributed by atoms with Crippen molar-refractivity contribution >= 4 is 17.4 Å². The van der Waals surface area contributed by atoms with Crippen molar-refractivity contribution < 1.29 is 8.78 Å². The van der Waals surface area contributed by atoms with Crippen LogP contribution in [-0.4, -0.2) is 22.3 Å². The molecule has 0 atom stereocenters. The van der Waals surface area contributed by atoms with Crippen molar-refractivity contribution in [2.75, 3.05) is 11.1 Å². The van der Waals surface area contributed by atoms with E-state index < -0.39 is 5.92 Å². The summed E-state index contributed by atoms with van der Waals surface area (Å²) in [5.74, 6) is -1.56. The van der Waals surface area contributed by atoms with Crippen LogP contribution in [0.2, 0.25) is 0 Å². The zero-order chi connectivity index (χ0) is 19.6. The largest absolute Gasteiger partial charge is 0.382 e. The second kappa shape index (κ2) is 8.05. The van der Waals surface area contributed by atoms with Crippen molar-refractivity contribution in [3.05, 3.63) is 46.4 Å². The molecular weight excluding hydrogens is 366 g/mol. The Balaban J connectivity index is 1.95. The summed E-state index contributed by atoms with van der Waals surface area (Å²) in [4.78, 5) is 13.2. The van der Waals surface area contributed by atoms with Crippen LogP contribution in [0.4, 0.5) is 14.5 Å². The van der Waals surface area contributed by atoms with Gasteiger partial charge < -0.3 is 9.88 Å². The summed E-state index contributed by atoms with van der Waals surface area (Å²) in [6.07, 6.45) is 2.63. The minimum Gasteiger partial charge on any atom is -0.382 e. The fraction of sp³-hybridized carbons (Fsp3) is 0.476. The molecule has 146 valence electrons. The molecular formula is C21H26F2N2OS. The van der Waals surface area contributed by atoms with Crippen molar-refractivity contribution in [3.8, 4) is 11.1 Å². The third-order valence-corrected chi connectivity index (χ3v) is 5.93. The summed E-state index contributed by atoms with van der Waals surface area (Å²) in [5.41, 5.74) is 3.57. The van der Waals surface area contributed by atoms with Crippen LogP contribution >= 0.6 is 11.8 Å². The first-order valence-corrected chi connectivity index (χ1v) is 10.4. The fourth-order valence-corrected chi connectivity index (χ4v) is 4.27. The lowest BCUT2D eigenvalue weighted by atomic mass is 9.91. The zero-order valence-corrected chi connectivity index (χ0v) is 16.8. The lowest BCUT2D eigenvalue weighted by Crippen LogP contribution is -2.32. The number of nitrogens with zero attached hydrogens (tertiary/aromatic N) is 1. The van der Waals surface area contributed by atoms with Crippen molar-refractivity contribution in [2.45, 2.75) is 56.4 Å². The summed E-state index contributed by atoms with van der Waals surface area (Å²) in [6.45, 7) is 3.92. The molecule has 0 amide bonds. The molecule has 0 spiro atoms. The molecule has 0 aliphatic heterocycles. The highest BCUT2D eigenvalue weighted by Crippen LogP contribution is 2.37. The van der Waals surface area contributed by atoms with Gasteiger partial charge in [0.15, 0.2) is 0 Å². The number of benzene rings is 1. The Hall–Kier alpha value is -1.82. The van der Waals surface area contributed by atoms with Gasteiger partial charge in [0.05, 0.1) is 0 Å². The highest BCUT2D eigenvalue weighted by molar-refractivity contribution is 7.99. The number of thioether (sulfide) groups is 1. The normalized spacial score (nSPS) is 17.1. The van der Waals surface area contributed by atoms with Gasteiger partial charge in [-0.2, -0.15) is 0 Å². The molecule has 1 heterocycles. The van der Waals surface area contributed by atoms with E-state index in [9.17, 15) is 13.6 Å². The minimum absolute atomic E-state index is 0.0122. The first-order valence-electron chi connectivity index (χ1n) is 9.38. The number of aryl methyl sites for hydroxylation is 2. The molecule has 0 saturated heterocycles. The maximum Gasteiger partial charge on any atom is 0.253 e. The average Bonchev–Trinajstić information content (AvgIpc) is 2.62. The van der Waals surface area contributed by atoms with Gasteiger partial charge in [-0.3, -0.25) is 4.79 Å². The quantitative estimate of drug-likeness (QED) is 0.686. The van der Waals surface area contributed by atoms with Crippen LogP contribution in [0.3, 0.4) is 0 Å². The molecule has 1 saturated carbocycles. The van der Waals surface area contributed by atoms with Crippen LogP contribution < -0.4 is 10.9 Å². The van der Waals surface area contributed by atoms with Crippen LogP contribution in [0.5, 0.6) is 0 Å². The van der Waals surface area contributed by atoms with Crippen LogP contribution in [-0.2, 0) is 7.05 Å². The van der Waals surface area contributed by atoms with E-state index in [1.165, 1.54) is 0 Å². The number of anilines is 1. The zero-order valence-electron chi connectivity index (χ0n) is 16.0. The van der Waals surface area contributed by atoms with Crippen molar-refractivity contribution in [1.82, 2.24) is 4.57 Å². The first kappa shape index (κ1) is 19.9. The Morgan fingerprint density at radius 3 is 2.59 bits per heavy atom. The Morgan fingerprint density at radius 2 is 1.96 bits per heavy atom. The van der Waals surface area contributed by atoms with Crippen molar-refractivity contribution in [2.24, 2.45) is 7.05 Å². The summed E-state index contributed by atoms with van der Waals surface area (Å²) >= 11 is 1.75. The van der Waals surface area contributed by atoms with E-state index in [0.29, 0.717) is 18.4 Å². The highest BCUT2D eigenvalue weighted by atomic mass is 32.2. The second-order valence-electron chi connectivity index (χ2n) is 7.24. The standard InChI is InChI=1S/C21H26F2N2OS/c1-4-27-17-5-6-19(24-16-7-9-21(22,23)10-8-16)18(12-17)15-11-14(2)20(26)25(3)13-15/h5-6,11-13,16,24H,4,7-10H2,1-3H3. The number of alkyl halides is 2. The smallest absolute Gasteiger partial charge is 0.253 e. The summed E-state index contributed by atoms with van der Waals surface area (Å²) in [5, 5.41) is 3.48. The summed E-state index contributed by atoms with van der Waals surface area (Å²) in [6, 6.07) is 8.15. The number of aromatic nitrogens is 1. The Kier molecular flexibility index (Phi) is 5.94. The Bertz CT molecular complexity index is 843. The first-order chi connectivity index (χ1) is 12.8. The monoisotopic (exact) mass is 392 g/mol. The second-order valence-corrected chi connectivity index (χ2v) is 8.58. The van der Waals surface area contributed by atoms with Gasteiger partial charge in [-0.15, -0.1) is 11.8 Å². The van der Waals surface area contributed by atoms with Crippen LogP contribution in [0.25, 0.3) is 11.1 Å². The van der Waals surface area contributed by atoms with Gasteiger partial charge in [0, 0.05) is 59.4 Å². The predicted octanol–water partition coefficient (Wildman–Crippen LogP) is 5.46. The molecule has 1 aromatic heterocycles. The molecule has 1 fully saturated rings. The van der Waals surface area contributed by atoms with Gasteiger partial charge in [-0.05, 0) is 49.8 Å². The minimum atomic E-state index is -2.53. The van der Waals surface area contributed by atoms with Crippen molar-refractivity contribution in [3.63, 3.8) is 0 Å². The summed E-state index contributed by atoms with van der Waals surface area (Å²) in [7, 11) is 1.75. The van der Waals surface area contributed by atoms with E-state index in [1.807, 2.05) is 25.3 Å². The van der Waals surface area contributed by atoms with Gasteiger partial charge >= 0.3 is 0 Å². The molecule has 6 heteroatoms. The molecule has 1 N–H and O–H groups in total. The SMILES string of the molecule is CCSc1ccc(NC2CCC(F)(F)CC2)c(-c2cc(C)c(=O)n(C)c2)c1. The molecule has 1 aliphatic rings. The third kappa shape index (κ3) is 4.72. The lowest BCUT2D eigenvalue weighted by molar-refractivity contribution is -0.0360. The molecule has 1 aromatic carbocycles. The number of pyridine rings is 1. The molecule has 0 bridgehead atoms. The fourth-order valence-electron chi connectivity index (χ4n) is 3.57. The van der Waals surface area contributed by atoms with Gasteiger partial charge in [0.25, 0.3) is 5.56 Å². The van der Waals surface area contributed by atoms with Gasteiger partial charge in [0.1, 0.15) is 0 Å². The molecule has 3 nitrogen and oxygen atoms in total. The topological polar surface area (TPSA) is 34.0 Å². The molecule has 0 radical (unpaired) electrons. The van der Waals surface area contributed by atoms with E-state index in [-0.39, 0.29) is 24.4 Å². The Labute approximate surface area is 163 Å². The summed E-state index contributed by atoms with van der Waals surface area (Å²) < 4.78 is 28.5. The Morgan fingerprint density at radius 1 is 1.26 bits per heavy atom. The number of rotatable bonds is 5. The van der Waals surface area contributed by atoms with Crippen molar-refractivity contribution in [1.29, 1.82) is 0 Å². The molecule has 0 unspecified atom stereocenters. The number of halogens is 2. The third-order valence-electron chi connectivity index (χ3n) is 5.05. The van der Waals surface area contributed by atoms with Gasteiger partial charge in [-0.1, -0.05) is 6.92 Å². The highest BCUT2D eigenvalue weighted by Gasteiger charge is 2.35. The predicted molar refractivity (Wildman–Crippen MR) is 109 cm³/mol. The van der Waals surface area contributed by atoms with E-state index in [4.69, 9.17) is 0 Å². The number of nitrogens with one attached hydrogen (secondary N) is 1. The van der Waals surface area contributed by atoms with Crippen LogP contribution in [0.15, 0.2) is 40.2 Å². The maximum absolute atomic E-state index is 13.5. The maximum atomic E-state index is 13.5. The lowest BCUT2D eigenvalue weighted by Gasteiger charge is -2.30. The van der Waals surface area contributed by atoms with E-state index in [1.54, 1.807) is 23.4 Å². The molecule has 3 rings (SSSR count). The number of hydrogen-bond donors (Lipinski definition) is 1. The van der Waals surface area contributed by atoms with Gasteiger partial charge in [0.2, 0.25) is 5.92 Å². The average molecular weight is 393 g/mol.